The summed E-state index contributed by atoms with van der Waals surface area (Å²) in [6.45, 7) is 0. The maximum absolute atomic E-state index is 4.37. The lowest BCUT2D eigenvalue weighted by molar-refractivity contribution is 0.745. The molecule has 39 heavy (non-hydrogen) atoms. The van der Waals surface area contributed by atoms with E-state index in [-0.39, 0.29) is 5.41 Å². The van der Waals surface area contributed by atoms with Crippen LogP contribution in [0.15, 0.2) is 170 Å². The van der Waals surface area contributed by atoms with Gasteiger partial charge in [0.05, 0.1) is 16.4 Å². The van der Waals surface area contributed by atoms with E-state index in [9.17, 15) is 0 Å². The first-order valence-corrected chi connectivity index (χ1v) is 13.2. The van der Waals surface area contributed by atoms with Crippen LogP contribution >= 0.6 is 0 Å². The van der Waals surface area contributed by atoms with Crippen molar-refractivity contribution >= 4 is 21.8 Å². The lowest BCUT2D eigenvalue weighted by Crippen LogP contribution is -2.30. The Kier molecular flexibility index (Phi) is 6.92. The predicted molar refractivity (Wildman–Crippen MR) is 162 cm³/mol. The highest BCUT2D eigenvalue weighted by atomic mass is 14.7. The van der Waals surface area contributed by atoms with Gasteiger partial charge in [0.1, 0.15) is 0 Å². The smallest absolute Gasteiger partial charge is 0.0795 e. The number of rotatable bonds is 4. The minimum Gasteiger partial charge on any atom is -0.256 e. The molecule has 0 saturated heterocycles. The van der Waals surface area contributed by atoms with Crippen molar-refractivity contribution in [1.82, 2.24) is 9.97 Å². The molecule has 2 nitrogen and oxygen atoms in total. The summed E-state index contributed by atoms with van der Waals surface area (Å²) >= 11 is 0. The molecular formula is C37H28N2. The van der Waals surface area contributed by atoms with E-state index in [0.717, 1.165) is 21.8 Å². The second kappa shape index (κ2) is 11.1. The Morgan fingerprint density at radius 2 is 0.795 bits per heavy atom. The van der Waals surface area contributed by atoms with E-state index in [1.165, 1.54) is 22.3 Å². The third kappa shape index (κ3) is 4.69. The largest absolute Gasteiger partial charge is 0.256 e. The van der Waals surface area contributed by atoms with Gasteiger partial charge in [0.25, 0.3) is 0 Å². The molecule has 0 fully saturated rings. The molecule has 0 aliphatic heterocycles. The SMILES string of the molecule is c1ccc(C(c2ccccc2)(c2ccccc2)c2ccccc2)cc1.c1cnc2c(c1)ccc1ncccc12. The Balaban J connectivity index is 0.000000166. The average Bonchev–Trinajstić information content (AvgIpc) is 3.04. The minimum absolute atomic E-state index is 0.328. The Labute approximate surface area is 229 Å². The number of pyridine rings is 2. The van der Waals surface area contributed by atoms with Crippen LogP contribution in [0.25, 0.3) is 21.8 Å². The Morgan fingerprint density at radius 3 is 1.28 bits per heavy atom. The van der Waals surface area contributed by atoms with Crippen molar-refractivity contribution in [3.8, 4) is 0 Å². The van der Waals surface area contributed by atoms with Crippen molar-refractivity contribution in [2.75, 3.05) is 0 Å². The van der Waals surface area contributed by atoms with Crippen molar-refractivity contribution in [3.63, 3.8) is 0 Å². The van der Waals surface area contributed by atoms with Crippen molar-refractivity contribution < 1.29 is 0 Å². The Bertz CT molecular complexity index is 1560. The molecule has 0 unspecified atom stereocenters. The highest BCUT2D eigenvalue weighted by Crippen LogP contribution is 2.44. The van der Waals surface area contributed by atoms with Crippen molar-refractivity contribution in [2.24, 2.45) is 0 Å². The molecule has 0 spiro atoms. The van der Waals surface area contributed by atoms with Crippen LogP contribution in [-0.4, -0.2) is 9.97 Å². The van der Waals surface area contributed by atoms with Gasteiger partial charge in [-0.15, -0.1) is 0 Å². The van der Waals surface area contributed by atoms with Crippen molar-refractivity contribution in [2.45, 2.75) is 5.41 Å². The number of hydrogen-bond acceptors (Lipinski definition) is 2. The number of hydrogen-bond donors (Lipinski definition) is 0. The molecule has 5 aromatic carbocycles. The molecule has 0 radical (unpaired) electrons. The summed E-state index contributed by atoms with van der Waals surface area (Å²) in [5, 5.41) is 2.28. The van der Waals surface area contributed by atoms with Crippen LogP contribution in [0.5, 0.6) is 0 Å². The first-order valence-electron chi connectivity index (χ1n) is 13.2. The fourth-order valence-corrected chi connectivity index (χ4v) is 5.45. The minimum atomic E-state index is -0.328. The summed E-state index contributed by atoms with van der Waals surface area (Å²) in [4.78, 5) is 8.66. The highest BCUT2D eigenvalue weighted by molar-refractivity contribution is 6.03. The van der Waals surface area contributed by atoms with Gasteiger partial charge in [-0.2, -0.15) is 0 Å². The van der Waals surface area contributed by atoms with Gasteiger partial charge in [-0.1, -0.05) is 133 Å². The molecule has 0 saturated carbocycles. The molecule has 2 heteroatoms. The molecular weight excluding hydrogens is 472 g/mol. The third-order valence-corrected chi connectivity index (χ3v) is 7.18. The molecule has 0 aliphatic rings. The summed E-state index contributed by atoms with van der Waals surface area (Å²) in [5.41, 5.74) is 6.80. The normalized spacial score (nSPS) is 11.1. The highest BCUT2D eigenvalue weighted by Gasteiger charge is 2.37. The van der Waals surface area contributed by atoms with Crippen LogP contribution in [0.4, 0.5) is 0 Å². The van der Waals surface area contributed by atoms with Gasteiger partial charge in [0, 0.05) is 23.2 Å². The summed E-state index contributed by atoms with van der Waals surface area (Å²) < 4.78 is 0. The number of nitrogens with zero attached hydrogens (tertiary/aromatic N) is 2. The van der Waals surface area contributed by atoms with Crippen LogP contribution in [0.1, 0.15) is 22.3 Å². The van der Waals surface area contributed by atoms with Gasteiger partial charge in [0.2, 0.25) is 0 Å². The van der Waals surface area contributed by atoms with Gasteiger partial charge >= 0.3 is 0 Å². The summed E-state index contributed by atoms with van der Waals surface area (Å²) in [6, 6.07) is 55.2. The topological polar surface area (TPSA) is 25.8 Å². The average molecular weight is 501 g/mol. The zero-order chi connectivity index (χ0) is 26.3. The van der Waals surface area contributed by atoms with E-state index in [1.807, 2.05) is 24.4 Å². The number of benzene rings is 5. The van der Waals surface area contributed by atoms with Gasteiger partial charge in [-0.3, -0.25) is 9.97 Å². The molecule has 7 aromatic rings. The second-order valence-electron chi connectivity index (χ2n) is 9.42. The van der Waals surface area contributed by atoms with Crippen molar-refractivity contribution in [3.05, 3.63) is 192 Å². The van der Waals surface area contributed by atoms with Gasteiger partial charge < -0.3 is 0 Å². The molecule has 0 atom stereocenters. The predicted octanol–water partition coefficient (Wildman–Crippen LogP) is 8.85. The molecule has 2 heterocycles. The lowest BCUT2D eigenvalue weighted by Gasteiger charge is -2.36. The second-order valence-corrected chi connectivity index (χ2v) is 9.42. The third-order valence-electron chi connectivity index (χ3n) is 7.18. The molecule has 186 valence electrons. The van der Waals surface area contributed by atoms with Gasteiger partial charge in [-0.25, -0.2) is 0 Å². The van der Waals surface area contributed by atoms with Gasteiger partial charge in [0.15, 0.2) is 0 Å². The van der Waals surface area contributed by atoms with Crippen LogP contribution in [0.3, 0.4) is 0 Å². The zero-order valence-electron chi connectivity index (χ0n) is 21.6. The molecule has 0 N–H and O–H groups in total. The first-order chi connectivity index (χ1) is 19.4. The molecule has 2 aromatic heterocycles. The van der Waals surface area contributed by atoms with E-state index in [2.05, 4.69) is 149 Å². The summed E-state index contributed by atoms with van der Waals surface area (Å²) in [6.07, 6.45) is 3.62. The molecule has 0 bridgehead atoms. The van der Waals surface area contributed by atoms with Crippen molar-refractivity contribution in [1.29, 1.82) is 0 Å². The Hall–Kier alpha value is -5.08. The van der Waals surface area contributed by atoms with E-state index >= 15 is 0 Å². The molecule has 7 rings (SSSR count). The van der Waals surface area contributed by atoms with E-state index in [0.29, 0.717) is 0 Å². The first kappa shape index (κ1) is 24.3. The van der Waals surface area contributed by atoms with Gasteiger partial charge in [-0.05, 0) is 46.5 Å². The summed E-state index contributed by atoms with van der Waals surface area (Å²) in [5.74, 6) is 0. The van der Waals surface area contributed by atoms with E-state index in [1.54, 1.807) is 6.20 Å². The molecule has 0 aliphatic carbocycles. The molecule has 0 amide bonds. The van der Waals surface area contributed by atoms with Crippen LogP contribution in [-0.2, 0) is 5.41 Å². The van der Waals surface area contributed by atoms with E-state index in [4.69, 9.17) is 0 Å². The quantitative estimate of drug-likeness (QED) is 0.178. The standard InChI is InChI=1S/C25H20.C12H8N2/c1-5-13-21(14-6-1)25(22-15-7-2-8-16-22,23-17-9-3-10-18-23)24-19-11-4-12-20-24;1-3-9-5-6-11-10(4-2-7-13-11)12(9)14-8-1/h1-20H;1-8H. The van der Waals surface area contributed by atoms with E-state index < -0.39 is 0 Å². The monoisotopic (exact) mass is 500 g/mol. The lowest BCUT2D eigenvalue weighted by atomic mass is 9.65. The number of aromatic nitrogens is 2. The Morgan fingerprint density at radius 1 is 0.359 bits per heavy atom. The van der Waals surface area contributed by atoms with Crippen LogP contribution < -0.4 is 0 Å². The number of fused-ring (bicyclic) bond motifs is 3. The fraction of sp³-hybridized carbons (Fsp3) is 0.0270. The zero-order valence-corrected chi connectivity index (χ0v) is 21.6. The van der Waals surface area contributed by atoms with Crippen LogP contribution in [0, 0.1) is 0 Å². The maximum atomic E-state index is 4.37. The maximum Gasteiger partial charge on any atom is 0.0795 e. The summed E-state index contributed by atoms with van der Waals surface area (Å²) in [7, 11) is 0. The van der Waals surface area contributed by atoms with Crippen LogP contribution in [0.2, 0.25) is 0 Å². The fourth-order valence-electron chi connectivity index (χ4n) is 5.45.